The second-order valence-electron chi connectivity index (χ2n) is 9.70. The number of ether oxygens (including phenoxy) is 1. The molecule has 3 amide bonds. The van der Waals surface area contributed by atoms with Crippen molar-refractivity contribution in [2.75, 3.05) is 11.5 Å². The minimum atomic E-state index is -1.58. The molecule has 3 rings (SSSR count). The van der Waals surface area contributed by atoms with E-state index in [1.165, 1.54) is 9.80 Å². The molecule has 1 N–H and O–H groups in total. The predicted octanol–water partition coefficient (Wildman–Crippen LogP) is 3.25. The summed E-state index contributed by atoms with van der Waals surface area (Å²) in [5.41, 5.74) is -0.806. The lowest BCUT2D eigenvalue weighted by atomic mass is 9.95. The third-order valence-corrected chi connectivity index (χ3v) is 6.30. The summed E-state index contributed by atoms with van der Waals surface area (Å²) in [6.45, 7) is 9.38. The van der Waals surface area contributed by atoms with Crippen LogP contribution in [-0.2, 0) is 19.1 Å². The van der Waals surface area contributed by atoms with Crippen LogP contribution in [0.1, 0.15) is 77.1 Å². The Hall–Kier alpha value is -2.90. The first-order valence-corrected chi connectivity index (χ1v) is 11.8. The number of anilines is 1. The van der Waals surface area contributed by atoms with E-state index < -0.39 is 24.1 Å². The van der Waals surface area contributed by atoms with Gasteiger partial charge in [-0.25, -0.2) is 4.79 Å². The quantitative estimate of drug-likeness (QED) is 0.574. The molecule has 2 heterocycles. The Labute approximate surface area is 195 Å². The highest BCUT2D eigenvalue weighted by Gasteiger charge is 2.62. The van der Waals surface area contributed by atoms with E-state index in [-0.39, 0.29) is 36.7 Å². The maximum absolute atomic E-state index is 13.5. The number of para-hydroxylation sites is 1. The molecular weight excluding hydrogens is 422 g/mol. The van der Waals surface area contributed by atoms with Gasteiger partial charge in [0.05, 0.1) is 11.3 Å². The number of rotatable bonds is 9. The smallest absolute Gasteiger partial charge is 0.354 e. The van der Waals surface area contributed by atoms with E-state index in [0.29, 0.717) is 17.2 Å². The van der Waals surface area contributed by atoms with E-state index >= 15 is 0 Å². The number of esters is 1. The molecule has 2 aliphatic heterocycles. The zero-order chi connectivity index (χ0) is 24.3. The molecule has 180 valence electrons. The minimum Gasteiger partial charge on any atom is -0.452 e. The second-order valence-corrected chi connectivity index (χ2v) is 9.70. The molecule has 1 fully saturated rings. The predicted molar refractivity (Wildman–Crippen MR) is 124 cm³/mol. The number of benzene rings is 1. The van der Waals surface area contributed by atoms with Crippen molar-refractivity contribution < 1.29 is 23.9 Å². The molecule has 1 aromatic carbocycles. The maximum atomic E-state index is 13.5. The minimum absolute atomic E-state index is 0.0343. The number of nitrogens with one attached hydrogen (secondary N) is 1. The molecule has 0 bridgehead atoms. The fourth-order valence-corrected chi connectivity index (χ4v) is 4.84. The molecule has 33 heavy (non-hydrogen) atoms. The third kappa shape index (κ3) is 4.75. The zero-order valence-electron chi connectivity index (χ0n) is 20.2. The van der Waals surface area contributed by atoms with Gasteiger partial charge in [0.1, 0.15) is 0 Å². The molecule has 2 atom stereocenters. The zero-order valence-corrected chi connectivity index (χ0v) is 20.2. The molecule has 8 heteroatoms. The largest absolute Gasteiger partial charge is 0.452 e. The average molecular weight is 458 g/mol. The summed E-state index contributed by atoms with van der Waals surface area (Å²) in [7, 11) is 0. The third-order valence-electron chi connectivity index (χ3n) is 6.30. The number of amides is 3. The Morgan fingerprint density at radius 2 is 1.79 bits per heavy atom. The van der Waals surface area contributed by atoms with Gasteiger partial charge in [0, 0.05) is 24.9 Å². The van der Waals surface area contributed by atoms with Gasteiger partial charge in [0.25, 0.3) is 11.8 Å². The number of nitrogens with zero attached hydrogens (tertiary/aromatic N) is 2. The summed E-state index contributed by atoms with van der Waals surface area (Å²) < 4.78 is 5.44. The molecule has 2 aliphatic rings. The van der Waals surface area contributed by atoms with E-state index in [2.05, 4.69) is 19.2 Å². The summed E-state index contributed by atoms with van der Waals surface area (Å²) in [5.74, 6) is -1.12. The molecule has 0 unspecified atom stereocenters. The molecule has 0 spiro atoms. The summed E-state index contributed by atoms with van der Waals surface area (Å²) >= 11 is 0. The normalized spacial score (nSPS) is 20.7. The van der Waals surface area contributed by atoms with Crippen LogP contribution in [0.15, 0.2) is 24.3 Å². The highest BCUT2D eigenvalue weighted by molar-refractivity contribution is 6.15. The number of carbonyl (C=O) groups excluding carboxylic acids is 4. The maximum Gasteiger partial charge on any atom is 0.354 e. The van der Waals surface area contributed by atoms with Crippen molar-refractivity contribution in [2.45, 2.75) is 84.5 Å². The highest BCUT2D eigenvalue weighted by Crippen LogP contribution is 2.45. The van der Waals surface area contributed by atoms with Crippen molar-refractivity contribution in [3.63, 3.8) is 0 Å². The van der Waals surface area contributed by atoms with Crippen LogP contribution in [0.3, 0.4) is 0 Å². The SMILES string of the molecule is CC(C)CCC[C@@H](C)NC(=O)COC(=O)[C@@]12CCC(=O)N1c1ccccc1C(=O)N2C(C)C. The Morgan fingerprint density at radius 3 is 2.45 bits per heavy atom. The van der Waals surface area contributed by atoms with Crippen molar-refractivity contribution in [1.29, 1.82) is 0 Å². The van der Waals surface area contributed by atoms with E-state index in [1.54, 1.807) is 38.1 Å². The Morgan fingerprint density at radius 1 is 1.09 bits per heavy atom. The first kappa shape index (κ1) is 24.7. The molecule has 1 saturated heterocycles. The van der Waals surface area contributed by atoms with Crippen LogP contribution in [0, 0.1) is 5.92 Å². The van der Waals surface area contributed by atoms with Crippen molar-refractivity contribution in [3.05, 3.63) is 29.8 Å². The van der Waals surface area contributed by atoms with Crippen molar-refractivity contribution >= 4 is 29.4 Å². The van der Waals surface area contributed by atoms with Gasteiger partial charge in [0.2, 0.25) is 11.6 Å². The molecule has 8 nitrogen and oxygen atoms in total. The summed E-state index contributed by atoms with van der Waals surface area (Å²) in [6, 6.07) is 6.39. The van der Waals surface area contributed by atoms with E-state index in [4.69, 9.17) is 4.74 Å². The summed E-state index contributed by atoms with van der Waals surface area (Å²) in [6.07, 6.45) is 3.16. The lowest BCUT2D eigenvalue weighted by Gasteiger charge is -2.50. The summed E-state index contributed by atoms with van der Waals surface area (Å²) in [4.78, 5) is 54.9. The van der Waals surface area contributed by atoms with Gasteiger partial charge >= 0.3 is 5.97 Å². The number of hydrogen-bond acceptors (Lipinski definition) is 5. The topological polar surface area (TPSA) is 96.0 Å². The average Bonchev–Trinajstić information content (AvgIpc) is 3.09. The lowest BCUT2D eigenvalue weighted by Crippen LogP contribution is -2.70. The Kier molecular flexibility index (Phi) is 7.44. The van der Waals surface area contributed by atoms with Crippen LogP contribution in [0.25, 0.3) is 0 Å². The van der Waals surface area contributed by atoms with Crippen molar-refractivity contribution in [1.82, 2.24) is 10.2 Å². The van der Waals surface area contributed by atoms with Crippen LogP contribution in [-0.4, -0.2) is 52.9 Å². The number of carbonyl (C=O) groups is 4. The Balaban J connectivity index is 1.77. The molecule has 1 aromatic rings. The van der Waals surface area contributed by atoms with E-state index in [0.717, 1.165) is 19.3 Å². The molecule has 0 radical (unpaired) electrons. The molecule has 0 aliphatic carbocycles. The first-order chi connectivity index (χ1) is 15.6. The molecule has 0 saturated carbocycles. The Bertz CT molecular complexity index is 928. The van der Waals surface area contributed by atoms with Crippen LogP contribution < -0.4 is 10.2 Å². The fraction of sp³-hybridized carbons (Fsp3) is 0.600. The van der Waals surface area contributed by atoms with Gasteiger partial charge in [-0.3, -0.25) is 19.3 Å². The van der Waals surface area contributed by atoms with Gasteiger partial charge in [0.15, 0.2) is 6.61 Å². The standard InChI is InChI=1S/C25H35N3O5/c1-16(2)9-8-10-18(5)26-21(29)15-33-24(32)25-14-13-22(30)28(25)20-12-7-6-11-19(20)23(31)27(25)17(3)4/h6-7,11-12,16-18H,8-10,13-15H2,1-5H3,(H,26,29)/t18-,25-/m1/s1. The van der Waals surface area contributed by atoms with Crippen LogP contribution in [0.4, 0.5) is 5.69 Å². The van der Waals surface area contributed by atoms with Gasteiger partial charge in [-0.15, -0.1) is 0 Å². The lowest BCUT2D eigenvalue weighted by molar-refractivity contribution is -0.161. The fourth-order valence-electron chi connectivity index (χ4n) is 4.84. The van der Waals surface area contributed by atoms with Crippen molar-refractivity contribution in [3.8, 4) is 0 Å². The number of fused-ring (bicyclic) bond motifs is 3. The van der Waals surface area contributed by atoms with Gasteiger partial charge in [-0.2, -0.15) is 0 Å². The van der Waals surface area contributed by atoms with Crippen molar-refractivity contribution in [2.24, 2.45) is 5.92 Å². The van der Waals surface area contributed by atoms with Crippen LogP contribution in [0.2, 0.25) is 0 Å². The van der Waals surface area contributed by atoms with E-state index in [1.807, 2.05) is 6.92 Å². The van der Waals surface area contributed by atoms with Crippen LogP contribution in [0.5, 0.6) is 0 Å². The van der Waals surface area contributed by atoms with Gasteiger partial charge in [-0.1, -0.05) is 38.8 Å². The second kappa shape index (κ2) is 9.93. The summed E-state index contributed by atoms with van der Waals surface area (Å²) in [5, 5.41) is 2.86. The molecule has 0 aromatic heterocycles. The number of hydrogen-bond donors (Lipinski definition) is 1. The van der Waals surface area contributed by atoms with Crippen LogP contribution >= 0.6 is 0 Å². The van der Waals surface area contributed by atoms with Gasteiger partial charge in [-0.05, 0) is 45.2 Å². The highest BCUT2D eigenvalue weighted by atomic mass is 16.5. The van der Waals surface area contributed by atoms with Gasteiger partial charge < -0.3 is 15.0 Å². The first-order valence-electron chi connectivity index (χ1n) is 11.8. The van der Waals surface area contributed by atoms with E-state index in [9.17, 15) is 19.2 Å². The monoisotopic (exact) mass is 457 g/mol. The molecular formula is C25H35N3O5.